The van der Waals surface area contributed by atoms with Crippen LogP contribution in [0, 0.1) is 0 Å². The van der Waals surface area contributed by atoms with Gasteiger partial charge in [0.15, 0.2) is 4.96 Å². The van der Waals surface area contributed by atoms with Crippen LogP contribution < -0.4 is 10.9 Å². The highest BCUT2D eigenvalue weighted by Crippen LogP contribution is 2.28. The highest BCUT2D eigenvalue weighted by atomic mass is 32.1. The number of thiazole rings is 1. The van der Waals surface area contributed by atoms with Gasteiger partial charge < -0.3 is 10.1 Å². The lowest BCUT2D eigenvalue weighted by Crippen LogP contribution is -2.38. The Morgan fingerprint density at radius 1 is 1.27 bits per heavy atom. The van der Waals surface area contributed by atoms with Crippen LogP contribution in [0.2, 0.25) is 0 Å². The van der Waals surface area contributed by atoms with Crippen molar-refractivity contribution in [3.63, 3.8) is 0 Å². The third-order valence-electron chi connectivity index (χ3n) is 5.09. The Labute approximate surface area is 156 Å². The number of amides is 1. The molecule has 2 aromatic rings. The minimum Gasteiger partial charge on any atom is -0.379 e. The van der Waals surface area contributed by atoms with Gasteiger partial charge in [-0.15, -0.1) is 11.3 Å². The molecule has 26 heavy (non-hydrogen) atoms. The standard InChI is InChI=1S/C18H24N4O3S/c23-16(19-6-3-7-21-8-10-25-11-9-21)13-12-20-18-22(17(13)24)14-4-1-2-5-15(14)26-18/h12H,1-11H2,(H,19,23). The third-order valence-corrected chi connectivity index (χ3v) is 6.24. The number of nitrogens with one attached hydrogen (secondary N) is 1. The Morgan fingerprint density at radius 3 is 2.92 bits per heavy atom. The molecule has 3 heterocycles. The lowest BCUT2D eigenvalue weighted by atomic mass is 10.0. The summed E-state index contributed by atoms with van der Waals surface area (Å²) < 4.78 is 6.98. The van der Waals surface area contributed by atoms with Crippen molar-refractivity contribution >= 4 is 22.2 Å². The van der Waals surface area contributed by atoms with Crippen molar-refractivity contribution in [3.05, 3.63) is 32.7 Å². The lowest BCUT2D eigenvalue weighted by molar-refractivity contribution is 0.0374. The fourth-order valence-electron chi connectivity index (χ4n) is 3.65. The molecule has 1 aliphatic carbocycles. The minimum atomic E-state index is -0.324. The van der Waals surface area contributed by atoms with E-state index in [4.69, 9.17) is 4.74 Å². The van der Waals surface area contributed by atoms with Crippen LogP contribution in [0.1, 0.15) is 40.2 Å². The van der Waals surface area contributed by atoms with E-state index in [1.54, 1.807) is 15.7 Å². The zero-order valence-corrected chi connectivity index (χ0v) is 15.6. The van der Waals surface area contributed by atoms with Crippen LogP contribution in [-0.4, -0.2) is 59.6 Å². The second-order valence-corrected chi connectivity index (χ2v) is 7.90. The Morgan fingerprint density at radius 2 is 2.08 bits per heavy atom. The molecule has 0 atom stereocenters. The van der Waals surface area contributed by atoms with E-state index in [0.29, 0.717) is 11.5 Å². The second kappa shape index (κ2) is 7.85. The average molecular weight is 376 g/mol. The number of nitrogens with zero attached hydrogens (tertiary/aromatic N) is 3. The summed E-state index contributed by atoms with van der Waals surface area (Å²) in [5, 5.41) is 2.87. The fraction of sp³-hybridized carbons (Fsp3) is 0.611. The smallest absolute Gasteiger partial charge is 0.271 e. The van der Waals surface area contributed by atoms with Gasteiger partial charge in [0.1, 0.15) is 5.56 Å². The van der Waals surface area contributed by atoms with Crippen molar-refractivity contribution in [1.82, 2.24) is 19.6 Å². The van der Waals surface area contributed by atoms with Crippen LogP contribution in [0.5, 0.6) is 0 Å². The van der Waals surface area contributed by atoms with Crippen LogP contribution in [0.25, 0.3) is 4.96 Å². The number of fused-ring (bicyclic) bond motifs is 3. The number of morpholine rings is 1. The monoisotopic (exact) mass is 376 g/mol. The summed E-state index contributed by atoms with van der Waals surface area (Å²) in [5.74, 6) is -0.324. The molecule has 1 aliphatic heterocycles. The molecule has 140 valence electrons. The molecule has 7 nitrogen and oxygen atoms in total. The first-order valence-corrected chi connectivity index (χ1v) is 10.2. The highest BCUT2D eigenvalue weighted by Gasteiger charge is 2.21. The predicted octanol–water partition coefficient (Wildman–Crippen LogP) is 1.09. The summed E-state index contributed by atoms with van der Waals surface area (Å²) in [6.07, 6.45) is 6.43. The molecular formula is C18H24N4O3S. The Kier molecular flexibility index (Phi) is 5.33. The van der Waals surface area contributed by atoms with Crippen LogP contribution >= 0.6 is 11.3 Å². The molecule has 0 bridgehead atoms. The van der Waals surface area contributed by atoms with Gasteiger partial charge in [-0.1, -0.05) is 0 Å². The number of aryl methyl sites for hydroxylation is 2. The fourth-order valence-corrected chi connectivity index (χ4v) is 4.82. The summed E-state index contributed by atoms with van der Waals surface area (Å²) in [6.45, 7) is 4.93. The number of ether oxygens (including phenoxy) is 1. The average Bonchev–Trinajstić information content (AvgIpc) is 3.05. The predicted molar refractivity (Wildman–Crippen MR) is 100 cm³/mol. The maximum Gasteiger partial charge on any atom is 0.271 e. The van der Waals surface area contributed by atoms with E-state index in [1.165, 1.54) is 11.1 Å². The number of hydrogen-bond acceptors (Lipinski definition) is 6. The Balaban J connectivity index is 1.42. The van der Waals surface area contributed by atoms with Crippen molar-refractivity contribution in [2.24, 2.45) is 0 Å². The van der Waals surface area contributed by atoms with Crippen LogP contribution in [0.3, 0.4) is 0 Å². The number of carbonyl (C=O) groups excluding carboxylic acids is 1. The van der Waals surface area contributed by atoms with Crippen LogP contribution in [-0.2, 0) is 17.6 Å². The molecule has 2 aromatic heterocycles. The minimum absolute atomic E-state index is 0.139. The maximum absolute atomic E-state index is 12.8. The van der Waals surface area contributed by atoms with Crippen molar-refractivity contribution in [2.75, 3.05) is 39.4 Å². The Hall–Kier alpha value is -1.77. The van der Waals surface area contributed by atoms with E-state index >= 15 is 0 Å². The molecule has 0 unspecified atom stereocenters. The van der Waals surface area contributed by atoms with Crippen LogP contribution in [0.15, 0.2) is 11.0 Å². The first-order valence-electron chi connectivity index (χ1n) is 9.34. The second-order valence-electron chi connectivity index (χ2n) is 6.84. The first-order chi connectivity index (χ1) is 12.7. The van der Waals surface area contributed by atoms with Crippen molar-refractivity contribution < 1.29 is 9.53 Å². The zero-order chi connectivity index (χ0) is 17.9. The molecule has 4 rings (SSSR count). The van der Waals surface area contributed by atoms with E-state index in [2.05, 4.69) is 15.2 Å². The molecule has 1 N–H and O–H groups in total. The summed E-state index contributed by atoms with van der Waals surface area (Å²) in [4.78, 5) is 33.9. The van der Waals surface area contributed by atoms with E-state index in [9.17, 15) is 9.59 Å². The van der Waals surface area contributed by atoms with Gasteiger partial charge in [-0.2, -0.15) is 0 Å². The van der Waals surface area contributed by atoms with Gasteiger partial charge >= 0.3 is 0 Å². The van der Waals surface area contributed by atoms with Crippen molar-refractivity contribution in [3.8, 4) is 0 Å². The highest BCUT2D eigenvalue weighted by molar-refractivity contribution is 7.17. The molecule has 0 aromatic carbocycles. The quantitative estimate of drug-likeness (QED) is 0.791. The molecule has 1 amide bonds. The molecule has 0 saturated carbocycles. The van der Waals surface area contributed by atoms with Gasteiger partial charge in [0.2, 0.25) is 0 Å². The molecule has 1 saturated heterocycles. The van der Waals surface area contributed by atoms with E-state index in [0.717, 1.165) is 70.6 Å². The molecular weight excluding hydrogens is 352 g/mol. The van der Waals surface area contributed by atoms with Crippen molar-refractivity contribution in [1.29, 1.82) is 0 Å². The normalized spacial score (nSPS) is 18.0. The summed E-state index contributed by atoms with van der Waals surface area (Å²) >= 11 is 1.58. The van der Waals surface area contributed by atoms with E-state index in [-0.39, 0.29) is 17.0 Å². The maximum atomic E-state index is 12.8. The lowest BCUT2D eigenvalue weighted by Gasteiger charge is -2.26. The van der Waals surface area contributed by atoms with E-state index in [1.807, 2.05) is 0 Å². The van der Waals surface area contributed by atoms with Gasteiger partial charge in [0.25, 0.3) is 11.5 Å². The first kappa shape index (κ1) is 17.6. The van der Waals surface area contributed by atoms with Crippen molar-refractivity contribution in [2.45, 2.75) is 32.1 Å². The summed E-state index contributed by atoms with van der Waals surface area (Å²) in [7, 11) is 0. The Bertz CT molecular complexity index is 854. The van der Waals surface area contributed by atoms with Gasteiger partial charge in [-0.3, -0.25) is 18.9 Å². The largest absolute Gasteiger partial charge is 0.379 e. The number of hydrogen-bond donors (Lipinski definition) is 1. The number of carbonyl (C=O) groups is 1. The van der Waals surface area contributed by atoms with E-state index < -0.39 is 0 Å². The molecule has 0 spiro atoms. The SMILES string of the molecule is O=C(NCCCN1CCOCC1)c1cnc2sc3c(n2c1=O)CCCC3. The van der Waals surface area contributed by atoms with Gasteiger partial charge in [0.05, 0.1) is 13.2 Å². The van der Waals surface area contributed by atoms with Crippen LogP contribution in [0.4, 0.5) is 0 Å². The molecule has 0 radical (unpaired) electrons. The number of aromatic nitrogens is 2. The van der Waals surface area contributed by atoms with Gasteiger partial charge in [0, 0.05) is 36.4 Å². The van der Waals surface area contributed by atoms with Gasteiger partial charge in [-0.05, 0) is 38.6 Å². The third kappa shape index (κ3) is 3.54. The zero-order valence-electron chi connectivity index (χ0n) is 14.8. The molecule has 1 fully saturated rings. The summed E-state index contributed by atoms with van der Waals surface area (Å²) in [5.41, 5.74) is 0.954. The topological polar surface area (TPSA) is 75.9 Å². The number of rotatable bonds is 5. The summed E-state index contributed by atoms with van der Waals surface area (Å²) in [6, 6.07) is 0. The molecule has 2 aliphatic rings. The van der Waals surface area contributed by atoms with Gasteiger partial charge in [-0.25, -0.2) is 4.98 Å². The molecule has 8 heteroatoms.